The first-order chi connectivity index (χ1) is 14.7. The second kappa shape index (κ2) is 7.50. The Bertz CT molecular complexity index is 1130. The Morgan fingerprint density at radius 3 is 2.26 bits per heavy atom. The molecular weight excluding hydrogens is 406 g/mol. The molecule has 4 rings (SSSR count). The molecule has 0 saturated heterocycles. The van der Waals surface area contributed by atoms with Gasteiger partial charge in [-0.05, 0) is 26.0 Å². The molecule has 3 aromatic rings. The van der Waals surface area contributed by atoms with Gasteiger partial charge in [-0.2, -0.15) is 13.9 Å². The van der Waals surface area contributed by atoms with Crippen LogP contribution in [0, 0.1) is 0 Å². The van der Waals surface area contributed by atoms with Gasteiger partial charge >= 0.3 is 6.09 Å². The number of nitrogens with one attached hydrogen (secondary N) is 1. The van der Waals surface area contributed by atoms with Crippen LogP contribution in [-0.2, 0) is 5.92 Å². The summed E-state index contributed by atoms with van der Waals surface area (Å²) >= 11 is 0. The zero-order valence-electron chi connectivity index (χ0n) is 16.8. The number of amides is 2. The van der Waals surface area contributed by atoms with Crippen molar-refractivity contribution in [2.75, 3.05) is 10.2 Å². The number of carboxylic acid groups (broad SMARTS) is 1. The minimum Gasteiger partial charge on any atom is -0.465 e. The molecule has 0 unspecified atom stereocenters. The minimum atomic E-state index is -3.18. The summed E-state index contributed by atoms with van der Waals surface area (Å²) in [5.74, 6) is -3.64. The number of carbonyl (C=O) groups is 2. The number of alkyl halides is 2. The lowest BCUT2D eigenvalue weighted by Crippen LogP contribution is -2.49. The smallest absolute Gasteiger partial charge is 0.409 e. The molecule has 0 bridgehead atoms. The van der Waals surface area contributed by atoms with Crippen molar-refractivity contribution in [2.24, 2.45) is 0 Å². The Labute approximate surface area is 176 Å². The van der Waals surface area contributed by atoms with E-state index < -0.39 is 17.9 Å². The summed E-state index contributed by atoms with van der Waals surface area (Å²) in [6.07, 6.45) is -0.0219. The summed E-state index contributed by atoms with van der Waals surface area (Å²) < 4.78 is 31.2. The standard InChI is InChI=1S/C22H20F2N4O3/c1-13-14(2)28-19(18(12-25-28)26-21(30)31)20(29)27(13)17-10-8-16(9-11-17)22(23,24)15-6-4-3-5-7-15/h3-14,26H,1-2H3,(H,30,31)/t13-,14-/m0/s1. The molecule has 0 spiro atoms. The molecular formula is C22H20F2N4O3. The van der Waals surface area contributed by atoms with Gasteiger partial charge in [-0.3, -0.25) is 14.8 Å². The average Bonchev–Trinajstić information content (AvgIpc) is 3.16. The number of rotatable bonds is 4. The molecule has 0 radical (unpaired) electrons. The van der Waals surface area contributed by atoms with Gasteiger partial charge in [0.2, 0.25) is 0 Å². The number of carbonyl (C=O) groups excluding carboxylic acids is 1. The van der Waals surface area contributed by atoms with Crippen LogP contribution in [0.5, 0.6) is 0 Å². The van der Waals surface area contributed by atoms with Crippen molar-refractivity contribution in [1.82, 2.24) is 9.78 Å². The lowest BCUT2D eigenvalue weighted by Gasteiger charge is -2.38. The van der Waals surface area contributed by atoms with E-state index in [0.29, 0.717) is 5.69 Å². The van der Waals surface area contributed by atoms with Gasteiger partial charge in [0.25, 0.3) is 11.8 Å². The van der Waals surface area contributed by atoms with Crippen molar-refractivity contribution < 1.29 is 23.5 Å². The van der Waals surface area contributed by atoms with E-state index in [2.05, 4.69) is 10.4 Å². The number of halogens is 2. The molecule has 1 aliphatic heterocycles. The van der Waals surface area contributed by atoms with E-state index in [-0.39, 0.29) is 34.6 Å². The Morgan fingerprint density at radius 1 is 1.03 bits per heavy atom. The number of hydrogen-bond acceptors (Lipinski definition) is 3. The molecule has 2 amide bonds. The molecule has 0 saturated carbocycles. The highest BCUT2D eigenvalue weighted by atomic mass is 19.3. The summed E-state index contributed by atoms with van der Waals surface area (Å²) in [5, 5.41) is 15.4. The second-order valence-electron chi connectivity index (χ2n) is 7.43. The predicted molar refractivity (Wildman–Crippen MR) is 111 cm³/mol. The molecule has 1 aromatic heterocycles. The summed E-state index contributed by atoms with van der Waals surface area (Å²) in [7, 11) is 0. The Balaban J connectivity index is 1.69. The summed E-state index contributed by atoms with van der Waals surface area (Å²) in [6.45, 7) is 3.67. The number of aromatic nitrogens is 2. The van der Waals surface area contributed by atoms with E-state index in [0.717, 1.165) is 0 Å². The Hall–Kier alpha value is -3.75. The quantitative estimate of drug-likeness (QED) is 0.632. The van der Waals surface area contributed by atoms with E-state index in [1.54, 1.807) is 18.2 Å². The topological polar surface area (TPSA) is 87.5 Å². The van der Waals surface area contributed by atoms with Crippen LogP contribution in [0.1, 0.15) is 41.5 Å². The molecule has 2 atom stereocenters. The van der Waals surface area contributed by atoms with Crippen LogP contribution >= 0.6 is 0 Å². The molecule has 2 heterocycles. The molecule has 7 nitrogen and oxygen atoms in total. The van der Waals surface area contributed by atoms with E-state index in [1.165, 1.54) is 52.2 Å². The fourth-order valence-electron chi connectivity index (χ4n) is 3.81. The highest BCUT2D eigenvalue weighted by molar-refractivity contribution is 6.10. The molecule has 31 heavy (non-hydrogen) atoms. The normalized spacial score (nSPS) is 18.6. The summed E-state index contributed by atoms with van der Waals surface area (Å²) in [6, 6.07) is 12.5. The van der Waals surface area contributed by atoms with Crippen LogP contribution in [0.25, 0.3) is 0 Å². The minimum absolute atomic E-state index is 0.0773. The maximum absolute atomic E-state index is 14.9. The molecule has 0 fully saturated rings. The predicted octanol–water partition coefficient (Wildman–Crippen LogP) is 4.72. The first-order valence-electron chi connectivity index (χ1n) is 9.66. The van der Waals surface area contributed by atoms with Gasteiger partial charge in [0.05, 0.1) is 24.0 Å². The van der Waals surface area contributed by atoms with Gasteiger partial charge in [0.15, 0.2) is 5.69 Å². The molecule has 1 aliphatic rings. The summed E-state index contributed by atoms with van der Waals surface area (Å²) in [4.78, 5) is 25.8. The first-order valence-corrected chi connectivity index (χ1v) is 9.66. The monoisotopic (exact) mass is 426 g/mol. The summed E-state index contributed by atoms with van der Waals surface area (Å²) in [5.41, 5.74) is 0.309. The lowest BCUT2D eigenvalue weighted by molar-refractivity contribution is 0.0428. The van der Waals surface area contributed by atoms with Crippen LogP contribution in [0.15, 0.2) is 60.8 Å². The Morgan fingerprint density at radius 2 is 1.65 bits per heavy atom. The number of anilines is 2. The number of hydrogen-bond donors (Lipinski definition) is 2. The van der Waals surface area contributed by atoms with Crippen molar-refractivity contribution in [2.45, 2.75) is 31.9 Å². The molecule has 2 aromatic carbocycles. The van der Waals surface area contributed by atoms with Crippen molar-refractivity contribution in [3.63, 3.8) is 0 Å². The SMILES string of the molecule is C[C@H]1[C@H](C)n2ncc(NC(=O)O)c2C(=O)N1c1ccc(C(F)(F)c2ccccc2)cc1. The molecule has 160 valence electrons. The lowest BCUT2D eigenvalue weighted by atomic mass is 9.99. The highest BCUT2D eigenvalue weighted by Gasteiger charge is 2.39. The number of fused-ring (bicyclic) bond motifs is 1. The van der Waals surface area contributed by atoms with Crippen LogP contribution < -0.4 is 10.2 Å². The van der Waals surface area contributed by atoms with Crippen molar-refractivity contribution in [3.05, 3.63) is 77.6 Å². The van der Waals surface area contributed by atoms with Gasteiger partial charge in [-0.25, -0.2) is 4.79 Å². The van der Waals surface area contributed by atoms with Crippen LogP contribution in [0.2, 0.25) is 0 Å². The van der Waals surface area contributed by atoms with Crippen LogP contribution in [0.3, 0.4) is 0 Å². The molecule has 0 aliphatic carbocycles. The van der Waals surface area contributed by atoms with E-state index >= 15 is 0 Å². The fourth-order valence-corrected chi connectivity index (χ4v) is 3.81. The van der Waals surface area contributed by atoms with E-state index in [4.69, 9.17) is 5.11 Å². The Kier molecular flexibility index (Phi) is 4.96. The van der Waals surface area contributed by atoms with Crippen molar-refractivity contribution in [1.29, 1.82) is 0 Å². The number of nitrogens with zero attached hydrogens (tertiary/aromatic N) is 3. The highest BCUT2D eigenvalue weighted by Crippen LogP contribution is 2.38. The first kappa shape index (κ1) is 20.5. The van der Waals surface area contributed by atoms with Gasteiger partial charge in [0.1, 0.15) is 0 Å². The van der Waals surface area contributed by atoms with Gasteiger partial charge in [-0.1, -0.05) is 42.5 Å². The zero-order chi connectivity index (χ0) is 22.3. The van der Waals surface area contributed by atoms with Crippen LogP contribution in [0.4, 0.5) is 25.0 Å². The van der Waals surface area contributed by atoms with Crippen molar-refractivity contribution in [3.8, 4) is 0 Å². The van der Waals surface area contributed by atoms with E-state index in [1.807, 2.05) is 13.8 Å². The van der Waals surface area contributed by atoms with E-state index in [9.17, 15) is 18.4 Å². The second-order valence-corrected chi connectivity index (χ2v) is 7.43. The third-order valence-corrected chi connectivity index (χ3v) is 5.59. The van der Waals surface area contributed by atoms with Gasteiger partial charge < -0.3 is 10.0 Å². The average molecular weight is 426 g/mol. The maximum atomic E-state index is 14.9. The van der Waals surface area contributed by atoms with Crippen LogP contribution in [-0.4, -0.2) is 32.9 Å². The third kappa shape index (κ3) is 3.41. The number of benzene rings is 2. The third-order valence-electron chi connectivity index (χ3n) is 5.59. The van der Waals surface area contributed by atoms with Gasteiger partial charge in [0, 0.05) is 16.8 Å². The fraction of sp³-hybridized carbons (Fsp3) is 0.227. The molecule has 2 N–H and O–H groups in total. The van der Waals surface area contributed by atoms with Gasteiger partial charge in [-0.15, -0.1) is 0 Å². The largest absolute Gasteiger partial charge is 0.465 e. The molecule has 9 heteroatoms. The zero-order valence-corrected chi connectivity index (χ0v) is 16.8. The van der Waals surface area contributed by atoms with Crippen molar-refractivity contribution >= 4 is 23.4 Å². The maximum Gasteiger partial charge on any atom is 0.409 e.